The monoisotopic (exact) mass is 315 g/mol. The van der Waals surface area contributed by atoms with E-state index in [0.717, 1.165) is 12.1 Å². The number of nitrogens with one attached hydrogen (secondary N) is 1. The van der Waals surface area contributed by atoms with Gasteiger partial charge in [0.05, 0.1) is 0 Å². The van der Waals surface area contributed by atoms with Gasteiger partial charge in [0, 0.05) is 13.1 Å². The zero-order valence-electron chi connectivity index (χ0n) is 9.25. The van der Waals surface area contributed by atoms with Gasteiger partial charge in [0.1, 0.15) is 22.4 Å². The highest BCUT2D eigenvalue weighted by atomic mass is 79.9. The number of hydrogen-bond donors (Lipinski definition) is 1. The van der Waals surface area contributed by atoms with Crippen LogP contribution in [-0.2, 0) is 0 Å². The lowest BCUT2D eigenvalue weighted by molar-refractivity contribution is 0.444. The summed E-state index contributed by atoms with van der Waals surface area (Å²) in [7, 11) is 1.69. The Bertz CT molecular complexity index is 580. The third kappa shape index (κ3) is 2.56. The molecule has 0 spiro atoms. The van der Waals surface area contributed by atoms with Crippen LogP contribution in [0.4, 0.5) is 14.6 Å². The van der Waals surface area contributed by atoms with Crippen molar-refractivity contribution in [1.82, 2.24) is 9.97 Å². The SMILES string of the molecule is CNc1ncnc(Oc2ccc(F)c(F)c2)c1Br. The Balaban J connectivity index is 2.31. The van der Waals surface area contributed by atoms with Crippen LogP contribution in [0, 0.1) is 11.6 Å². The van der Waals surface area contributed by atoms with Gasteiger partial charge in [0.25, 0.3) is 0 Å². The molecule has 0 saturated heterocycles. The van der Waals surface area contributed by atoms with Crippen molar-refractivity contribution in [2.45, 2.75) is 0 Å². The van der Waals surface area contributed by atoms with Crippen LogP contribution in [0.5, 0.6) is 11.6 Å². The number of nitrogens with zero attached hydrogens (tertiary/aromatic N) is 2. The van der Waals surface area contributed by atoms with Crippen LogP contribution in [0.15, 0.2) is 29.0 Å². The van der Waals surface area contributed by atoms with E-state index >= 15 is 0 Å². The lowest BCUT2D eigenvalue weighted by Gasteiger charge is -2.08. The maximum atomic E-state index is 13.0. The van der Waals surface area contributed by atoms with E-state index in [1.807, 2.05) is 0 Å². The molecule has 0 atom stereocenters. The van der Waals surface area contributed by atoms with Crippen molar-refractivity contribution in [3.05, 3.63) is 40.6 Å². The predicted octanol–water partition coefficient (Wildman–Crippen LogP) is 3.35. The molecule has 94 valence electrons. The quantitative estimate of drug-likeness (QED) is 0.943. The second kappa shape index (κ2) is 5.26. The molecule has 0 amide bonds. The van der Waals surface area contributed by atoms with Gasteiger partial charge in [-0.05, 0) is 28.1 Å². The molecule has 0 aliphatic rings. The van der Waals surface area contributed by atoms with Crippen molar-refractivity contribution >= 4 is 21.7 Å². The van der Waals surface area contributed by atoms with E-state index in [2.05, 4.69) is 31.2 Å². The van der Waals surface area contributed by atoms with E-state index in [1.54, 1.807) is 7.05 Å². The molecule has 0 fully saturated rings. The van der Waals surface area contributed by atoms with Crippen LogP contribution in [0.2, 0.25) is 0 Å². The van der Waals surface area contributed by atoms with E-state index in [0.29, 0.717) is 10.3 Å². The lowest BCUT2D eigenvalue weighted by Crippen LogP contribution is -1.98. The summed E-state index contributed by atoms with van der Waals surface area (Å²) in [5.41, 5.74) is 0. The Kier molecular flexibility index (Phi) is 3.71. The van der Waals surface area contributed by atoms with E-state index in [4.69, 9.17) is 4.74 Å². The summed E-state index contributed by atoms with van der Waals surface area (Å²) in [5.74, 6) is -1.02. The van der Waals surface area contributed by atoms with Gasteiger partial charge in [0.2, 0.25) is 5.88 Å². The number of rotatable bonds is 3. The molecule has 1 aromatic heterocycles. The molecule has 0 radical (unpaired) electrons. The van der Waals surface area contributed by atoms with E-state index in [-0.39, 0.29) is 11.6 Å². The smallest absolute Gasteiger partial charge is 0.238 e. The average Bonchev–Trinajstić information content (AvgIpc) is 2.36. The Hall–Kier alpha value is -1.76. The molecule has 0 saturated carbocycles. The van der Waals surface area contributed by atoms with Crippen LogP contribution in [-0.4, -0.2) is 17.0 Å². The van der Waals surface area contributed by atoms with Gasteiger partial charge >= 0.3 is 0 Å². The standard InChI is InChI=1S/C11H8BrF2N3O/c1-15-10-9(12)11(17-5-16-10)18-6-2-3-7(13)8(14)4-6/h2-5H,1H3,(H,15,16,17). The maximum Gasteiger partial charge on any atom is 0.238 e. The molecule has 1 N–H and O–H groups in total. The van der Waals surface area contributed by atoms with Crippen LogP contribution in [0.25, 0.3) is 0 Å². The Morgan fingerprint density at radius 3 is 2.67 bits per heavy atom. The predicted molar refractivity (Wildman–Crippen MR) is 65.7 cm³/mol. The minimum atomic E-state index is -0.980. The number of benzene rings is 1. The summed E-state index contributed by atoms with van der Waals surface area (Å²) >= 11 is 3.25. The van der Waals surface area contributed by atoms with Crippen LogP contribution in [0.1, 0.15) is 0 Å². The van der Waals surface area contributed by atoms with Gasteiger partial charge < -0.3 is 10.1 Å². The van der Waals surface area contributed by atoms with Crippen molar-refractivity contribution < 1.29 is 13.5 Å². The molecule has 0 aliphatic carbocycles. The fraction of sp³-hybridized carbons (Fsp3) is 0.0909. The van der Waals surface area contributed by atoms with E-state index in [9.17, 15) is 8.78 Å². The fourth-order valence-electron chi connectivity index (χ4n) is 1.25. The molecule has 0 bridgehead atoms. The number of aromatic nitrogens is 2. The molecule has 1 aromatic carbocycles. The molecule has 2 rings (SSSR count). The third-order valence-electron chi connectivity index (χ3n) is 2.10. The first-order chi connectivity index (χ1) is 8.61. The molecule has 0 unspecified atom stereocenters. The molecule has 4 nitrogen and oxygen atoms in total. The highest BCUT2D eigenvalue weighted by Gasteiger charge is 2.11. The van der Waals surface area contributed by atoms with Gasteiger partial charge in [-0.2, -0.15) is 0 Å². The topological polar surface area (TPSA) is 47.0 Å². The van der Waals surface area contributed by atoms with Crippen molar-refractivity contribution in [3.63, 3.8) is 0 Å². The Labute approximate surface area is 110 Å². The summed E-state index contributed by atoms with van der Waals surface area (Å²) in [4.78, 5) is 7.85. The Morgan fingerprint density at radius 2 is 2.00 bits per heavy atom. The zero-order chi connectivity index (χ0) is 13.1. The highest BCUT2D eigenvalue weighted by Crippen LogP contribution is 2.31. The van der Waals surface area contributed by atoms with E-state index < -0.39 is 11.6 Å². The van der Waals surface area contributed by atoms with Crippen molar-refractivity contribution in [2.24, 2.45) is 0 Å². The first-order valence-electron chi connectivity index (χ1n) is 4.93. The van der Waals surface area contributed by atoms with Crippen molar-refractivity contribution in [1.29, 1.82) is 0 Å². The minimum Gasteiger partial charge on any atom is -0.438 e. The third-order valence-corrected chi connectivity index (χ3v) is 2.81. The van der Waals surface area contributed by atoms with Crippen LogP contribution < -0.4 is 10.1 Å². The molecule has 1 heterocycles. The van der Waals surface area contributed by atoms with Crippen molar-refractivity contribution in [2.75, 3.05) is 12.4 Å². The zero-order valence-corrected chi connectivity index (χ0v) is 10.8. The lowest BCUT2D eigenvalue weighted by atomic mass is 10.3. The van der Waals surface area contributed by atoms with Crippen LogP contribution >= 0.6 is 15.9 Å². The Morgan fingerprint density at radius 1 is 1.22 bits per heavy atom. The van der Waals surface area contributed by atoms with Crippen LogP contribution in [0.3, 0.4) is 0 Å². The first kappa shape index (κ1) is 12.7. The molecule has 7 heteroatoms. The summed E-state index contributed by atoms with van der Waals surface area (Å²) in [5, 5.41) is 2.83. The normalized spacial score (nSPS) is 10.2. The number of ether oxygens (including phenoxy) is 1. The molecule has 18 heavy (non-hydrogen) atoms. The summed E-state index contributed by atoms with van der Waals surface area (Å²) in [6.07, 6.45) is 1.30. The second-order valence-electron chi connectivity index (χ2n) is 3.27. The summed E-state index contributed by atoms with van der Waals surface area (Å²) in [6, 6.07) is 3.24. The molecule has 0 aliphatic heterocycles. The second-order valence-corrected chi connectivity index (χ2v) is 4.06. The molecular weight excluding hydrogens is 308 g/mol. The number of anilines is 1. The average molecular weight is 316 g/mol. The highest BCUT2D eigenvalue weighted by molar-refractivity contribution is 9.10. The maximum absolute atomic E-state index is 13.0. The van der Waals surface area contributed by atoms with Gasteiger partial charge in [-0.1, -0.05) is 0 Å². The first-order valence-corrected chi connectivity index (χ1v) is 5.72. The summed E-state index contributed by atoms with van der Waals surface area (Å²) < 4.78 is 31.6. The number of halogens is 3. The summed E-state index contributed by atoms with van der Waals surface area (Å²) in [6.45, 7) is 0. The minimum absolute atomic E-state index is 0.148. The number of hydrogen-bond acceptors (Lipinski definition) is 4. The van der Waals surface area contributed by atoms with Gasteiger partial charge in [0.15, 0.2) is 11.6 Å². The molecular formula is C11H8BrF2N3O. The van der Waals surface area contributed by atoms with Gasteiger partial charge in [-0.15, -0.1) is 0 Å². The largest absolute Gasteiger partial charge is 0.438 e. The van der Waals surface area contributed by atoms with Crippen molar-refractivity contribution in [3.8, 4) is 11.6 Å². The van der Waals surface area contributed by atoms with Gasteiger partial charge in [-0.3, -0.25) is 0 Å². The fourth-order valence-corrected chi connectivity index (χ4v) is 1.74. The molecule has 2 aromatic rings. The van der Waals surface area contributed by atoms with Gasteiger partial charge in [-0.25, -0.2) is 18.7 Å². The van der Waals surface area contributed by atoms with E-state index in [1.165, 1.54) is 12.4 Å².